The van der Waals surface area contributed by atoms with Crippen molar-refractivity contribution >= 4 is 73.8 Å². The number of aromatic nitrogens is 1. The van der Waals surface area contributed by atoms with E-state index in [-0.39, 0.29) is 49.6 Å². The van der Waals surface area contributed by atoms with E-state index in [0.29, 0.717) is 32.5 Å². The van der Waals surface area contributed by atoms with Gasteiger partial charge in [0, 0.05) is 38.8 Å². The summed E-state index contributed by atoms with van der Waals surface area (Å²) in [5.41, 5.74) is 3.48. The van der Waals surface area contributed by atoms with E-state index in [4.69, 9.17) is 23.2 Å². The molecule has 0 aliphatic heterocycles. The van der Waals surface area contributed by atoms with Crippen molar-refractivity contribution in [1.82, 2.24) is 4.37 Å². The first-order valence-corrected chi connectivity index (χ1v) is 13.0. The molecule has 182 valence electrons. The van der Waals surface area contributed by atoms with Gasteiger partial charge in [0.05, 0.1) is 37.3 Å². The van der Waals surface area contributed by atoms with Gasteiger partial charge < -0.3 is 5.32 Å². The molecule has 0 spiro atoms. The summed E-state index contributed by atoms with van der Waals surface area (Å²) in [6, 6.07) is 17.9. The van der Waals surface area contributed by atoms with Crippen LogP contribution in [0.2, 0.25) is 10.0 Å². The van der Waals surface area contributed by atoms with E-state index in [0.717, 1.165) is 17.1 Å². The predicted octanol–water partition coefficient (Wildman–Crippen LogP) is 6.84. The molecule has 7 rings (SSSR count). The quantitative estimate of drug-likeness (QED) is 0.252. The Kier molecular flexibility index (Phi) is 4.94. The summed E-state index contributed by atoms with van der Waals surface area (Å²) in [4.78, 5) is 53.3. The third kappa shape index (κ3) is 3.10. The van der Waals surface area contributed by atoms with E-state index in [1.807, 2.05) is 12.1 Å². The van der Waals surface area contributed by atoms with Gasteiger partial charge in [0.2, 0.25) is 0 Å². The van der Waals surface area contributed by atoms with E-state index in [1.54, 1.807) is 36.4 Å². The number of carbonyl (C=O) groups is 4. The van der Waals surface area contributed by atoms with Crippen molar-refractivity contribution in [1.29, 1.82) is 0 Å². The summed E-state index contributed by atoms with van der Waals surface area (Å²) in [6.07, 6.45) is 0. The summed E-state index contributed by atoms with van der Waals surface area (Å²) in [6.45, 7) is 0. The van der Waals surface area contributed by atoms with Crippen LogP contribution in [-0.2, 0) is 0 Å². The minimum atomic E-state index is -0.494. The topological polar surface area (TPSA) is 93.2 Å². The summed E-state index contributed by atoms with van der Waals surface area (Å²) < 4.78 is 5.14. The Balaban J connectivity index is 1.32. The van der Waals surface area contributed by atoms with Crippen LogP contribution in [0.15, 0.2) is 66.7 Å². The van der Waals surface area contributed by atoms with Crippen LogP contribution in [0.1, 0.15) is 58.1 Å². The zero-order chi connectivity index (χ0) is 26.3. The fraction of sp³-hybridized carbons (Fsp3) is 0. The van der Waals surface area contributed by atoms with E-state index in [9.17, 15) is 19.2 Å². The number of nitrogens with one attached hydrogen (secondary N) is 1. The minimum absolute atomic E-state index is 0.0832. The summed E-state index contributed by atoms with van der Waals surface area (Å²) >= 11 is 13.3. The number of benzene rings is 4. The lowest BCUT2D eigenvalue weighted by molar-refractivity contribution is 0.0978. The summed E-state index contributed by atoms with van der Waals surface area (Å²) in [5, 5.41) is 3.76. The summed E-state index contributed by atoms with van der Waals surface area (Å²) in [5.74, 6) is -1.45. The normalized spacial score (nSPS) is 13.3. The van der Waals surface area contributed by atoms with Gasteiger partial charge in [-0.1, -0.05) is 59.6 Å². The molecule has 0 radical (unpaired) electrons. The number of amides is 1. The molecule has 1 N–H and O–H groups in total. The van der Waals surface area contributed by atoms with Gasteiger partial charge in [-0.25, -0.2) is 0 Å². The van der Waals surface area contributed by atoms with E-state index >= 15 is 0 Å². The fourth-order valence-corrected chi connectivity index (χ4v) is 6.37. The van der Waals surface area contributed by atoms with Crippen LogP contribution >= 0.6 is 34.7 Å². The lowest BCUT2D eigenvalue weighted by Crippen LogP contribution is -2.24. The van der Waals surface area contributed by atoms with Gasteiger partial charge in [-0.05, 0) is 41.9 Å². The molecule has 0 saturated heterocycles. The zero-order valence-corrected chi connectivity index (χ0v) is 21.4. The maximum atomic E-state index is 13.5. The third-order valence-corrected chi connectivity index (χ3v) is 8.48. The number of hydrogen-bond acceptors (Lipinski definition) is 6. The first-order valence-electron chi connectivity index (χ1n) is 11.4. The van der Waals surface area contributed by atoms with E-state index in [1.165, 1.54) is 18.2 Å². The molecule has 9 heteroatoms. The molecule has 5 aromatic rings. The molecule has 2 aliphatic rings. The van der Waals surface area contributed by atoms with Crippen molar-refractivity contribution in [3.05, 3.63) is 116 Å². The van der Waals surface area contributed by atoms with Crippen LogP contribution in [0.25, 0.3) is 21.3 Å². The largest absolute Gasteiger partial charge is 0.321 e. The summed E-state index contributed by atoms with van der Waals surface area (Å²) in [7, 11) is 0. The van der Waals surface area contributed by atoms with Crippen LogP contribution in [-0.4, -0.2) is 27.6 Å². The van der Waals surface area contributed by atoms with Crippen molar-refractivity contribution in [2.45, 2.75) is 0 Å². The molecule has 0 saturated carbocycles. The van der Waals surface area contributed by atoms with Gasteiger partial charge in [0.25, 0.3) is 5.91 Å². The number of carbonyl (C=O) groups excluding carboxylic acids is 4. The molecule has 1 amide bonds. The number of ketones is 3. The smallest absolute Gasteiger partial charge is 0.257 e. The molecule has 1 aromatic heterocycles. The Hall–Kier alpha value is -4.17. The Bertz CT molecular complexity index is 1960. The molecule has 0 unspecified atom stereocenters. The molecule has 4 aromatic carbocycles. The maximum Gasteiger partial charge on any atom is 0.257 e. The Morgan fingerprint density at radius 2 is 1.37 bits per heavy atom. The molecular weight excluding hydrogens is 543 g/mol. The average molecular weight is 555 g/mol. The number of rotatable bonds is 2. The van der Waals surface area contributed by atoms with Crippen molar-refractivity contribution in [3.8, 4) is 11.3 Å². The highest BCUT2D eigenvalue weighted by Gasteiger charge is 2.34. The van der Waals surface area contributed by atoms with Crippen LogP contribution in [0.5, 0.6) is 0 Å². The predicted molar refractivity (Wildman–Crippen MR) is 146 cm³/mol. The number of nitrogens with zero attached hydrogens (tertiary/aromatic N) is 1. The average Bonchev–Trinajstić information content (AvgIpc) is 3.37. The van der Waals surface area contributed by atoms with Gasteiger partial charge in [0.1, 0.15) is 0 Å². The lowest BCUT2D eigenvalue weighted by atomic mass is 9.83. The number of anilines is 1. The van der Waals surface area contributed by atoms with Gasteiger partial charge in [0.15, 0.2) is 17.3 Å². The van der Waals surface area contributed by atoms with Crippen LogP contribution in [0.3, 0.4) is 0 Å². The van der Waals surface area contributed by atoms with E-state index in [2.05, 4.69) is 9.69 Å². The van der Waals surface area contributed by atoms with Crippen LogP contribution in [0.4, 0.5) is 5.69 Å². The Morgan fingerprint density at radius 3 is 2.13 bits per heavy atom. The van der Waals surface area contributed by atoms with Gasteiger partial charge in [-0.15, -0.1) is 0 Å². The lowest BCUT2D eigenvalue weighted by Gasteiger charge is -2.21. The third-order valence-electron chi connectivity index (χ3n) is 6.87. The monoisotopic (exact) mass is 554 g/mol. The minimum Gasteiger partial charge on any atom is -0.321 e. The number of halogens is 2. The van der Waals surface area contributed by atoms with Gasteiger partial charge in [-0.3, -0.25) is 19.2 Å². The fourth-order valence-electron chi connectivity index (χ4n) is 5.12. The van der Waals surface area contributed by atoms with E-state index < -0.39 is 11.7 Å². The first-order chi connectivity index (χ1) is 18.3. The number of hydrogen-bond donors (Lipinski definition) is 1. The SMILES string of the molecule is O=C1c2cc(Cl)c(Cl)cc2C(=O)c2c(NC(=O)c3ccc4c5c(nsc35)-c3ccccc3C4=O)cccc21. The van der Waals surface area contributed by atoms with Crippen LogP contribution in [0, 0.1) is 0 Å². The molecule has 0 bridgehead atoms. The first kappa shape index (κ1) is 23.0. The molecule has 38 heavy (non-hydrogen) atoms. The van der Waals surface area contributed by atoms with Crippen molar-refractivity contribution in [2.24, 2.45) is 0 Å². The van der Waals surface area contributed by atoms with Crippen LogP contribution < -0.4 is 5.32 Å². The molecule has 2 aliphatic carbocycles. The second-order valence-electron chi connectivity index (χ2n) is 8.92. The molecule has 1 heterocycles. The zero-order valence-electron chi connectivity index (χ0n) is 19.1. The highest BCUT2D eigenvalue weighted by atomic mass is 35.5. The van der Waals surface area contributed by atoms with Gasteiger partial charge >= 0.3 is 0 Å². The molecule has 6 nitrogen and oxygen atoms in total. The second kappa shape index (κ2) is 8.16. The maximum absolute atomic E-state index is 13.5. The highest BCUT2D eigenvalue weighted by Crippen LogP contribution is 2.42. The Morgan fingerprint density at radius 1 is 0.711 bits per heavy atom. The second-order valence-corrected chi connectivity index (χ2v) is 10.5. The molecule has 0 fully saturated rings. The van der Waals surface area contributed by atoms with Crippen molar-refractivity contribution in [2.75, 3.05) is 5.32 Å². The molecule has 0 atom stereocenters. The van der Waals surface area contributed by atoms with Crippen molar-refractivity contribution < 1.29 is 19.2 Å². The highest BCUT2D eigenvalue weighted by molar-refractivity contribution is 7.14. The van der Waals surface area contributed by atoms with Crippen molar-refractivity contribution in [3.63, 3.8) is 0 Å². The standard InChI is InChI=1S/C29H12Cl2N2O4S/c30-19-10-17-18(11-20(19)31)27(36)22-14(26(17)35)6-3-7-21(22)32-29(37)16-9-8-15-23-24(33-38-28(16)23)12-4-1-2-5-13(12)25(15)34/h1-11H,(H,32,37). The molecular formula is C29H12Cl2N2O4S. The Labute approximate surface area is 229 Å². The van der Waals surface area contributed by atoms with Gasteiger partial charge in [-0.2, -0.15) is 4.37 Å². The number of fused-ring (bicyclic) bond motifs is 4.